The first kappa shape index (κ1) is 23.8. The molecule has 0 saturated carbocycles. The lowest BCUT2D eigenvalue weighted by Gasteiger charge is -2.13. The third kappa shape index (κ3) is 7.68. The molecule has 0 aliphatic carbocycles. The summed E-state index contributed by atoms with van der Waals surface area (Å²) in [5.74, 6) is -0.686. The molecule has 0 saturated heterocycles. The quantitative estimate of drug-likeness (QED) is 0.279. The molecule has 2 aromatic rings. The number of methoxy groups -OCH3 is 1. The molecule has 2 rings (SSSR count). The Morgan fingerprint density at radius 3 is 2.32 bits per heavy atom. The normalized spacial score (nSPS) is 10.0. The molecule has 0 fully saturated rings. The summed E-state index contributed by atoms with van der Waals surface area (Å²) >= 11 is 5.06. The molecule has 0 aromatic heterocycles. The summed E-state index contributed by atoms with van der Waals surface area (Å²) in [6, 6.07) is 13.0. The monoisotopic (exact) mass is 444 g/mol. The van der Waals surface area contributed by atoms with Crippen LogP contribution in [0.5, 0.6) is 5.75 Å². The Morgan fingerprint density at radius 2 is 1.65 bits per heavy atom. The largest absolute Gasteiger partial charge is 0.490 e. The van der Waals surface area contributed by atoms with Crippen molar-refractivity contribution in [3.8, 4) is 5.75 Å². The van der Waals surface area contributed by atoms with Gasteiger partial charge in [0, 0.05) is 24.8 Å². The first-order valence-corrected chi connectivity index (χ1v) is 9.87. The van der Waals surface area contributed by atoms with E-state index < -0.39 is 11.8 Å². The molecule has 0 bridgehead atoms. The Bertz CT molecular complexity index is 934. The van der Waals surface area contributed by atoms with Gasteiger partial charge in [0.1, 0.15) is 12.4 Å². The van der Waals surface area contributed by atoms with Gasteiger partial charge in [0.15, 0.2) is 5.11 Å². The number of ether oxygens (including phenoxy) is 2. The lowest BCUT2D eigenvalue weighted by atomic mass is 10.2. The van der Waals surface area contributed by atoms with E-state index in [4.69, 9.17) is 21.7 Å². The number of carbonyl (C=O) groups excluding carboxylic acids is 3. The van der Waals surface area contributed by atoms with E-state index in [-0.39, 0.29) is 11.0 Å². The van der Waals surface area contributed by atoms with Crippen LogP contribution in [0.2, 0.25) is 0 Å². The SMILES string of the molecule is CCC(=O)Nc1ccc(C(=O)NNC(=S)NC(=O)c2ccccc2OCCOC)cc1. The van der Waals surface area contributed by atoms with Crippen LogP contribution >= 0.6 is 12.2 Å². The fourth-order valence-electron chi connectivity index (χ4n) is 2.36. The number of benzene rings is 2. The minimum atomic E-state index is -0.490. The summed E-state index contributed by atoms with van der Waals surface area (Å²) in [5.41, 5.74) is 6.10. The lowest BCUT2D eigenvalue weighted by molar-refractivity contribution is -0.115. The highest BCUT2D eigenvalue weighted by atomic mass is 32.1. The van der Waals surface area contributed by atoms with Crippen molar-refractivity contribution in [3.05, 3.63) is 59.7 Å². The number of thiocarbonyl (C=S) groups is 1. The molecule has 0 aliphatic rings. The first-order chi connectivity index (χ1) is 14.9. The van der Waals surface area contributed by atoms with Gasteiger partial charge in [0.05, 0.1) is 12.2 Å². The molecule has 4 N–H and O–H groups in total. The molecule has 0 radical (unpaired) electrons. The Hall–Kier alpha value is -3.50. The number of hydrazine groups is 1. The van der Waals surface area contributed by atoms with E-state index in [1.807, 2.05) is 0 Å². The average molecular weight is 445 g/mol. The van der Waals surface area contributed by atoms with Gasteiger partial charge in [-0.25, -0.2) is 0 Å². The summed E-state index contributed by atoms with van der Waals surface area (Å²) in [6.07, 6.45) is 0.360. The molecular weight excluding hydrogens is 420 g/mol. The van der Waals surface area contributed by atoms with E-state index in [0.29, 0.717) is 42.2 Å². The van der Waals surface area contributed by atoms with Crippen molar-refractivity contribution in [1.29, 1.82) is 0 Å². The van der Waals surface area contributed by atoms with Gasteiger partial charge in [-0.2, -0.15) is 0 Å². The summed E-state index contributed by atoms with van der Waals surface area (Å²) in [7, 11) is 1.55. The number of nitrogens with one attached hydrogen (secondary N) is 4. The van der Waals surface area contributed by atoms with Crippen LogP contribution in [0.4, 0.5) is 5.69 Å². The Balaban J connectivity index is 1.87. The maximum atomic E-state index is 12.5. The summed E-state index contributed by atoms with van der Waals surface area (Å²) in [6.45, 7) is 2.42. The summed E-state index contributed by atoms with van der Waals surface area (Å²) in [4.78, 5) is 36.1. The molecular formula is C21H24N4O5S. The molecule has 2 aromatic carbocycles. The molecule has 3 amide bonds. The Labute approximate surface area is 185 Å². The minimum Gasteiger partial charge on any atom is -0.490 e. The number of para-hydroxylation sites is 1. The van der Waals surface area contributed by atoms with Gasteiger partial charge in [0.2, 0.25) is 5.91 Å². The van der Waals surface area contributed by atoms with Crippen LogP contribution in [0, 0.1) is 0 Å². The third-order valence-electron chi connectivity index (χ3n) is 3.95. The summed E-state index contributed by atoms with van der Waals surface area (Å²) < 4.78 is 10.5. The predicted molar refractivity (Wildman–Crippen MR) is 120 cm³/mol. The second-order valence-electron chi connectivity index (χ2n) is 6.18. The maximum absolute atomic E-state index is 12.5. The molecule has 0 spiro atoms. The van der Waals surface area contributed by atoms with Crippen LogP contribution in [-0.2, 0) is 9.53 Å². The van der Waals surface area contributed by atoms with Crippen molar-refractivity contribution < 1.29 is 23.9 Å². The number of hydrogen-bond acceptors (Lipinski definition) is 6. The molecule has 0 atom stereocenters. The number of carbonyl (C=O) groups is 3. The van der Waals surface area contributed by atoms with Gasteiger partial charge >= 0.3 is 0 Å². The third-order valence-corrected chi connectivity index (χ3v) is 4.15. The second-order valence-corrected chi connectivity index (χ2v) is 6.59. The smallest absolute Gasteiger partial charge is 0.269 e. The minimum absolute atomic E-state index is 0.0862. The number of hydrogen-bond donors (Lipinski definition) is 4. The van der Waals surface area contributed by atoms with Crippen molar-refractivity contribution in [2.24, 2.45) is 0 Å². The van der Waals surface area contributed by atoms with E-state index in [9.17, 15) is 14.4 Å². The molecule has 164 valence electrons. The van der Waals surface area contributed by atoms with Crippen LogP contribution in [-0.4, -0.2) is 43.2 Å². The fourth-order valence-corrected chi connectivity index (χ4v) is 2.50. The van der Waals surface area contributed by atoms with Gasteiger partial charge in [-0.15, -0.1) is 0 Å². The zero-order valence-electron chi connectivity index (χ0n) is 17.2. The van der Waals surface area contributed by atoms with Gasteiger partial charge in [-0.05, 0) is 48.6 Å². The van der Waals surface area contributed by atoms with Crippen LogP contribution < -0.4 is 26.2 Å². The molecule has 0 aliphatic heterocycles. The van der Waals surface area contributed by atoms with Crippen molar-refractivity contribution in [2.75, 3.05) is 25.6 Å². The van der Waals surface area contributed by atoms with E-state index in [1.54, 1.807) is 62.6 Å². The molecule has 9 nitrogen and oxygen atoms in total. The molecule has 0 unspecified atom stereocenters. The van der Waals surface area contributed by atoms with Crippen molar-refractivity contribution >= 4 is 40.7 Å². The Kier molecular flexibility index (Phi) is 9.40. The number of amides is 3. The van der Waals surface area contributed by atoms with Gasteiger partial charge in [0.25, 0.3) is 11.8 Å². The standard InChI is InChI=1S/C21H24N4O5S/c1-3-18(26)22-15-10-8-14(9-11-15)19(27)24-25-21(31)23-20(28)16-6-4-5-7-17(16)30-13-12-29-2/h4-11H,3,12-13H2,1-2H3,(H,22,26)(H,24,27)(H2,23,25,28,31). The van der Waals surface area contributed by atoms with Gasteiger partial charge in [-0.3, -0.25) is 30.6 Å². The van der Waals surface area contributed by atoms with Crippen molar-refractivity contribution in [3.63, 3.8) is 0 Å². The fraction of sp³-hybridized carbons (Fsp3) is 0.238. The number of rotatable bonds is 8. The van der Waals surface area contributed by atoms with E-state index >= 15 is 0 Å². The summed E-state index contributed by atoms with van der Waals surface area (Å²) in [5, 5.41) is 5.09. The van der Waals surface area contributed by atoms with Crippen LogP contribution in [0.15, 0.2) is 48.5 Å². The molecule has 0 heterocycles. The van der Waals surface area contributed by atoms with E-state index in [0.717, 1.165) is 0 Å². The van der Waals surface area contributed by atoms with Gasteiger partial charge in [-0.1, -0.05) is 19.1 Å². The van der Waals surface area contributed by atoms with Crippen LogP contribution in [0.1, 0.15) is 34.1 Å². The molecule has 31 heavy (non-hydrogen) atoms. The van der Waals surface area contributed by atoms with Crippen molar-refractivity contribution in [2.45, 2.75) is 13.3 Å². The zero-order chi connectivity index (χ0) is 22.6. The van der Waals surface area contributed by atoms with Crippen molar-refractivity contribution in [1.82, 2.24) is 16.2 Å². The predicted octanol–water partition coefficient (Wildman–Crippen LogP) is 2.01. The Morgan fingerprint density at radius 1 is 0.935 bits per heavy atom. The van der Waals surface area contributed by atoms with E-state index in [2.05, 4.69) is 21.5 Å². The highest BCUT2D eigenvalue weighted by molar-refractivity contribution is 7.80. The lowest BCUT2D eigenvalue weighted by Crippen LogP contribution is -2.48. The van der Waals surface area contributed by atoms with Gasteiger partial charge < -0.3 is 14.8 Å². The highest BCUT2D eigenvalue weighted by Crippen LogP contribution is 2.17. The topological polar surface area (TPSA) is 118 Å². The first-order valence-electron chi connectivity index (χ1n) is 9.47. The zero-order valence-corrected chi connectivity index (χ0v) is 18.0. The van der Waals surface area contributed by atoms with E-state index in [1.165, 1.54) is 0 Å². The highest BCUT2D eigenvalue weighted by Gasteiger charge is 2.14. The average Bonchev–Trinajstić information content (AvgIpc) is 2.78. The van der Waals surface area contributed by atoms with Crippen LogP contribution in [0.3, 0.4) is 0 Å². The maximum Gasteiger partial charge on any atom is 0.269 e. The second kappa shape index (κ2) is 12.3. The number of anilines is 1. The molecule has 10 heteroatoms. The van der Waals surface area contributed by atoms with Crippen LogP contribution in [0.25, 0.3) is 0 Å².